The summed E-state index contributed by atoms with van der Waals surface area (Å²) in [7, 11) is 0. The minimum Gasteiger partial charge on any atom is -0.382 e. The van der Waals surface area contributed by atoms with E-state index in [-0.39, 0.29) is 0 Å². The molecule has 112 valence electrons. The molecule has 2 heteroatoms. The fraction of sp³-hybridized carbons (Fsp3) is 0.667. The highest BCUT2D eigenvalue weighted by Gasteiger charge is 2.09. The predicted molar refractivity (Wildman–Crippen MR) is 89.6 cm³/mol. The van der Waals surface area contributed by atoms with E-state index in [1.54, 1.807) is 0 Å². The fourth-order valence-corrected chi connectivity index (χ4v) is 3.31. The Hall–Kier alpha value is -0.690. The number of hydrogen-bond donors (Lipinski definition) is 1. The molecule has 0 bridgehead atoms. The van der Waals surface area contributed by atoms with Crippen LogP contribution in [0.2, 0.25) is 5.02 Å². The number of rotatable bonds is 2. The van der Waals surface area contributed by atoms with Gasteiger partial charge in [-0.05, 0) is 31.0 Å². The van der Waals surface area contributed by atoms with Crippen molar-refractivity contribution in [1.29, 1.82) is 0 Å². The molecule has 0 aromatic heterocycles. The van der Waals surface area contributed by atoms with Gasteiger partial charge in [-0.1, -0.05) is 75.5 Å². The normalized spacial score (nSPS) is 19.9. The first-order chi connectivity index (χ1) is 9.84. The molecule has 1 N–H and O–H groups in total. The van der Waals surface area contributed by atoms with Crippen LogP contribution in [0.25, 0.3) is 0 Å². The van der Waals surface area contributed by atoms with E-state index in [0.29, 0.717) is 6.04 Å². The summed E-state index contributed by atoms with van der Waals surface area (Å²) >= 11 is 6.07. The molecule has 1 aliphatic rings. The molecule has 20 heavy (non-hydrogen) atoms. The molecule has 0 atom stereocenters. The molecule has 0 saturated heterocycles. The van der Waals surface area contributed by atoms with E-state index in [4.69, 9.17) is 11.6 Å². The highest BCUT2D eigenvalue weighted by atomic mass is 35.5. The zero-order chi connectivity index (χ0) is 14.0. The van der Waals surface area contributed by atoms with Crippen molar-refractivity contribution in [2.75, 3.05) is 5.32 Å². The van der Waals surface area contributed by atoms with E-state index >= 15 is 0 Å². The zero-order valence-corrected chi connectivity index (χ0v) is 13.3. The van der Waals surface area contributed by atoms with Crippen LogP contribution in [0.3, 0.4) is 0 Å². The highest BCUT2D eigenvalue weighted by Crippen LogP contribution is 2.21. The Morgan fingerprint density at radius 2 is 1.35 bits per heavy atom. The summed E-state index contributed by atoms with van der Waals surface area (Å²) in [6.07, 6.45) is 15.3. The van der Waals surface area contributed by atoms with Gasteiger partial charge in [0.2, 0.25) is 0 Å². The van der Waals surface area contributed by atoms with Gasteiger partial charge >= 0.3 is 0 Å². The SMILES string of the molecule is Clc1cccc(NC2CCCCCCCCCCC2)c1. The minimum atomic E-state index is 0.618. The maximum Gasteiger partial charge on any atom is 0.0426 e. The van der Waals surface area contributed by atoms with Crippen LogP contribution >= 0.6 is 11.6 Å². The summed E-state index contributed by atoms with van der Waals surface area (Å²) in [4.78, 5) is 0. The molecular formula is C18H28ClN. The van der Waals surface area contributed by atoms with Crippen molar-refractivity contribution in [3.05, 3.63) is 29.3 Å². The molecule has 1 fully saturated rings. The van der Waals surface area contributed by atoms with Gasteiger partial charge in [-0.2, -0.15) is 0 Å². The Balaban J connectivity index is 1.85. The van der Waals surface area contributed by atoms with Gasteiger partial charge < -0.3 is 5.32 Å². The molecule has 0 unspecified atom stereocenters. The molecule has 0 amide bonds. The topological polar surface area (TPSA) is 12.0 Å². The molecular weight excluding hydrogens is 266 g/mol. The smallest absolute Gasteiger partial charge is 0.0426 e. The van der Waals surface area contributed by atoms with Gasteiger partial charge in [0.1, 0.15) is 0 Å². The lowest BCUT2D eigenvalue weighted by molar-refractivity contribution is 0.480. The molecule has 1 saturated carbocycles. The van der Waals surface area contributed by atoms with Crippen LogP contribution in [0.1, 0.15) is 70.6 Å². The Morgan fingerprint density at radius 1 is 0.800 bits per heavy atom. The summed E-state index contributed by atoms with van der Waals surface area (Å²) in [5.41, 5.74) is 1.18. The van der Waals surface area contributed by atoms with Crippen LogP contribution in [-0.2, 0) is 0 Å². The lowest BCUT2D eigenvalue weighted by Gasteiger charge is -2.21. The van der Waals surface area contributed by atoms with Gasteiger partial charge in [0, 0.05) is 16.8 Å². The van der Waals surface area contributed by atoms with Crippen LogP contribution < -0.4 is 5.32 Å². The summed E-state index contributed by atoms with van der Waals surface area (Å²) < 4.78 is 0. The summed E-state index contributed by atoms with van der Waals surface area (Å²) in [6, 6.07) is 8.75. The summed E-state index contributed by atoms with van der Waals surface area (Å²) in [5, 5.41) is 4.51. The van der Waals surface area contributed by atoms with Gasteiger partial charge in [0.15, 0.2) is 0 Å². The van der Waals surface area contributed by atoms with Crippen LogP contribution in [0.5, 0.6) is 0 Å². The van der Waals surface area contributed by atoms with E-state index < -0.39 is 0 Å². The van der Waals surface area contributed by atoms with E-state index in [1.165, 1.54) is 76.3 Å². The average Bonchev–Trinajstić information content (AvgIpc) is 2.42. The van der Waals surface area contributed by atoms with Gasteiger partial charge in [0.25, 0.3) is 0 Å². The minimum absolute atomic E-state index is 0.618. The monoisotopic (exact) mass is 293 g/mol. The van der Waals surface area contributed by atoms with Crippen LogP contribution in [0.15, 0.2) is 24.3 Å². The molecule has 0 spiro atoms. The second-order valence-electron chi connectivity index (χ2n) is 6.11. The Labute approximate surface area is 129 Å². The zero-order valence-electron chi connectivity index (χ0n) is 12.5. The first-order valence-corrected chi connectivity index (χ1v) is 8.74. The van der Waals surface area contributed by atoms with Crippen molar-refractivity contribution < 1.29 is 0 Å². The van der Waals surface area contributed by atoms with Gasteiger partial charge in [-0.15, -0.1) is 0 Å². The lowest BCUT2D eigenvalue weighted by Crippen LogP contribution is -2.19. The van der Waals surface area contributed by atoms with Crippen LogP contribution in [0.4, 0.5) is 5.69 Å². The number of anilines is 1. The number of halogens is 1. The third kappa shape index (κ3) is 6.17. The number of nitrogens with one attached hydrogen (secondary N) is 1. The third-order valence-electron chi connectivity index (χ3n) is 4.30. The van der Waals surface area contributed by atoms with Gasteiger partial charge in [-0.3, -0.25) is 0 Å². The molecule has 2 rings (SSSR count). The van der Waals surface area contributed by atoms with Gasteiger partial charge in [-0.25, -0.2) is 0 Å². The van der Waals surface area contributed by atoms with E-state index in [2.05, 4.69) is 11.4 Å². The van der Waals surface area contributed by atoms with Crippen molar-refractivity contribution in [3.63, 3.8) is 0 Å². The Morgan fingerprint density at radius 3 is 1.90 bits per heavy atom. The standard InChI is InChI=1S/C18H28ClN/c19-16-11-10-14-18(15-16)20-17-12-8-6-4-2-1-3-5-7-9-13-17/h10-11,14-15,17,20H,1-9,12-13H2. The van der Waals surface area contributed by atoms with Crippen molar-refractivity contribution >= 4 is 17.3 Å². The quantitative estimate of drug-likeness (QED) is 0.663. The lowest BCUT2D eigenvalue weighted by atomic mass is 9.98. The van der Waals surface area contributed by atoms with Crippen molar-refractivity contribution in [2.45, 2.75) is 76.7 Å². The van der Waals surface area contributed by atoms with E-state index in [1.807, 2.05) is 18.2 Å². The number of benzene rings is 1. The van der Waals surface area contributed by atoms with Crippen molar-refractivity contribution in [2.24, 2.45) is 0 Å². The van der Waals surface area contributed by atoms with Crippen molar-refractivity contribution in [1.82, 2.24) is 0 Å². The average molecular weight is 294 g/mol. The van der Waals surface area contributed by atoms with E-state index in [0.717, 1.165) is 5.02 Å². The molecule has 0 heterocycles. The van der Waals surface area contributed by atoms with Crippen molar-refractivity contribution in [3.8, 4) is 0 Å². The molecule has 1 aromatic carbocycles. The molecule has 1 nitrogen and oxygen atoms in total. The number of hydrogen-bond acceptors (Lipinski definition) is 1. The molecule has 1 aromatic rings. The second kappa shape index (κ2) is 9.28. The Kier molecular flexibility index (Phi) is 7.28. The summed E-state index contributed by atoms with van der Waals surface area (Å²) in [6.45, 7) is 0. The highest BCUT2D eigenvalue weighted by molar-refractivity contribution is 6.30. The third-order valence-corrected chi connectivity index (χ3v) is 4.54. The van der Waals surface area contributed by atoms with E-state index in [9.17, 15) is 0 Å². The summed E-state index contributed by atoms with van der Waals surface area (Å²) in [5.74, 6) is 0. The molecule has 1 aliphatic carbocycles. The van der Waals surface area contributed by atoms with Gasteiger partial charge in [0.05, 0.1) is 0 Å². The van der Waals surface area contributed by atoms with Crippen LogP contribution in [0, 0.1) is 0 Å². The second-order valence-corrected chi connectivity index (χ2v) is 6.55. The maximum atomic E-state index is 6.07. The predicted octanol–water partition coefficient (Wildman–Crippen LogP) is 6.43. The van der Waals surface area contributed by atoms with Crippen LogP contribution in [-0.4, -0.2) is 6.04 Å². The maximum absolute atomic E-state index is 6.07. The Bertz CT molecular complexity index is 365. The first kappa shape index (κ1) is 15.7. The molecule has 0 radical (unpaired) electrons. The molecule has 0 aliphatic heterocycles. The fourth-order valence-electron chi connectivity index (χ4n) is 3.12. The largest absolute Gasteiger partial charge is 0.382 e. The first-order valence-electron chi connectivity index (χ1n) is 8.37.